The highest BCUT2D eigenvalue weighted by Gasteiger charge is 2.18. The fraction of sp³-hybridized carbons (Fsp3) is 0.421. The van der Waals surface area contributed by atoms with Crippen LogP contribution in [0.15, 0.2) is 47.4 Å². The van der Waals surface area contributed by atoms with Crippen LogP contribution in [0.3, 0.4) is 0 Å². The summed E-state index contributed by atoms with van der Waals surface area (Å²) in [4.78, 5) is 12.7. The number of hydrogen-bond acceptors (Lipinski definition) is 3. The number of rotatable bonds is 4. The lowest BCUT2D eigenvalue weighted by Crippen LogP contribution is -2.28. The first-order valence-corrected chi connectivity index (χ1v) is 8.33. The number of halogens is 1. The van der Waals surface area contributed by atoms with E-state index in [9.17, 15) is 9.18 Å². The van der Waals surface area contributed by atoms with Gasteiger partial charge in [0, 0.05) is 24.3 Å². The molecule has 1 atom stereocenters. The molecule has 0 aliphatic heterocycles. The predicted octanol–water partition coefficient (Wildman–Crippen LogP) is 3.80. The molecule has 0 bridgehead atoms. The molecular formula is C19H25FN2O2. The van der Waals surface area contributed by atoms with Crippen molar-refractivity contribution in [2.45, 2.75) is 44.7 Å². The summed E-state index contributed by atoms with van der Waals surface area (Å²) in [7, 11) is 1.50. The zero-order valence-electron chi connectivity index (χ0n) is 14.2. The molecule has 1 unspecified atom stereocenters. The lowest BCUT2D eigenvalue weighted by Gasteiger charge is -2.20. The predicted molar refractivity (Wildman–Crippen MR) is 93.8 cm³/mol. The minimum absolute atomic E-state index is 0.0532. The molecule has 1 aromatic heterocycles. The first kappa shape index (κ1) is 18.2. The Morgan fingerprint density at radius 2 is 2.00 bits per heavy atom. The molecular weight excluding hydrogens is 307 g/mol. The molecule has 1 saturated carbocycles. The van der Waals surface area contributed by atoms with E-state index in [0.29, 0.717) is 11.8 Å². The maximum atomic E-state index is 13.3. The molecule has 1 aromatic carbocycles. The lowest BCUT2D eigenvalue weighted by molar-refractivity contribution is 0.384. The molecule has 5 heteroatoms. The minimum Gasteiger partial charge on any atom is -0.494 e. The Kier molecular flexibility index (Phi) is 7.00. The molecule has 130 valence electrons. The van der Waals surface area contributed by atoms with Crippen molar-refractivity contribution >= 4 is 0 Å². The third kappa shape index (κ3) is 5.49. The SMILES string of the molecule is COc1cc(C(C)NC2CCCC2)ccc1F.O=c1cccc[nH]1. The molecule has 1 fully saturated rings. The van der Waals surface area contributed by atoms with Gasteiger partial charge in [0.2, 0.25) is 5.56 Å². The molecule has 0 spiro atoms. The van der Waals surface area contributed by atoms with Crippen molar-refractivity contribution in [2.75, 3.05) is 7.11 Å². The van der Waals surface area contributed by atoms with Crippen molar-refractivity contribution < 1.29 is 9.13 Å². The van der Waals surface area contributed by atoms with E-state index in [0.717, 1.165) is 5.56 Å². The van der Waals surface area contributed by atoms with Crippen LogP contribution in [-0.4, -0.2) is 18.1 Å². The third-order valence-corrected chi connectivity index (χ3v) is 4.20. The number of ether oxygens (including phenoxy) is 1. The van der Waals surface area contributed by atoms with Crippen molar-refractivity contribution in [1.29, 1.82) is 0 Å². The Balaban J connectivity index is 0.000000249. The molecule has 3 rings (SSSR count). The van der Waals surface area contributed by atoms with Crippen LogP contribution in [0.5, 0.6) is 5.75 Å². The van der Waals surface area contributed by atoms with E-state index in [4.69, 9.17) is 4.74 Å². The van der Waals surface area contributed by atoms with Crippen LogP contribution in [0.1, 0.15) is 44.2 Å². The number of methoxy groups -OCH3 is 1. The van der Waals surface area contributed by atoms with Gasteiger partial charge in [-0.1, -0.05) is 25.0 Å². The van der Waals surface area contributed by atoms with Gasteiger partial charge < -0.3 is 15.0 Å². The Labute approximate surface area is 142 Å². The summed E-state index contributed by atoms with van der Waals surface area (Å²) in [6.07, 6.45) is 6.74. The van der Waals surface area contributed by atoms with E-state index in [1.165, 1.54) is 44.9 Å². The number of benzene rings is 1. The van der Waals surface area contributed by atoms with Crippen molar-refractivity contribution in [3.8, 4) is 5.75 Å². The van der Waals surface area contributed by atoms with Crippen LogP contribution in [0.2, 0.25) is 0 Å². The molecule has 2 aromatic rings. The Morgan fingerprint density at radius 3 is 2.54 bits per heavy atom. The van der Waals surface area contributed by atoms with Gasteiger partial charge in [0.15, 0.2) is 11.6 Å². The van der Waals surface area contributed by atoms with E-state index < -0.39 is 0 Å². The van der Waals surface area contributed by atoms with Crippen LogP contribution in [-0.2, 0) is 0 Å². The standard InChI is InChI=1S/C14H20FNO.C5H5NO/c1-10(16-12-5-3-4-6-12)11-7-8-13(15)14(9-11)17-2;7-5-3-1-2-4-6-5/h7-10,12,16H,3-6H2,1-2H3;1-4H,(H,6,7). The highest BCUT2D eigenvalue weighted by Crippen LogP contribution is 2.25. The third-order valence-electron chi connectivity index (χ3n) is 4.20. The van der Waals surface area contributed by atoms with Gasteiger partial charge in [0.1, 0.15) is 0 Å². The van der Waals surface area contributed by atoms with Gasteiger partial charge in [0.25, 0.3) is 0 Å². The quantitative estimate of drug-likeness (QED) is 0.895. The second kappa shape index (κ2) is 9.23. The summed E-state index contributed by atoms with van der Waals surface area (Å²) in [5.41, 5.74) is 1.03. The van der Waals surface area contributed by atoms with Gasteiger partial charge in [0.05, 0.1) is 7.11 Å². The number of hydrogen-bond donors (Lipinski definition) is 2. The maximum Gasteiger partial charge on any atom is 0.247 e. The first-order valence-electron chi connectivity index (χ1n) is 8.33. The molecule has 1 aliphatic rings. The van der Waals surface area contributed by atoms with Gasteiger partial charge in [-0.15, -0.1) is 0 Å². The zero-order valence-corrected chi connectivity index (χ0v) is 14.2. The van der Waals surface area contributed by atoms with E-state index in [1.54, 1.807) is 24.4 Å². The van der Waals surface area contributed by atoms with Crippen LogP contribution in [0.4, 0.5) is 4.39 Å². The molecule has 1 aliphatic carbocycles. The minimum atomic E-state index is -0.302. The van der Waals surface area contributed by atoms with Gasteiger partial charge in [-0.05, 0) is 43.5 Å². The van der Waals surface area contributed by atoms with Gasteiger partial charge in [-0.3, -0.25) is 4.79 Å². The summed E-state index contributed by atoms with van der Waals surface area (Å²) in [6, 6.07) is 10.9. The highest BCUT2D eigenvalue weighted by molar-refractivity contribution is 5.32. The van der Waals surface area contributed by atoms with E-state index in [-0.39, 0.29) is 17.4 Å². The Hall–Kier alpha value is -2.14. The van der Waals surface area contributed by atoms with Crippen LogP contribution >= 0.6 is 0 Å². The van der Waals surface area contributed by atoms with Gasteiger partial charge in [-0.2, -0.15) is 0 Å². The van der Waals surface area contributed by atoms with E-state index >= 15 is 0 Å². The average Bonchev–Trinajstić information content (AvgIpc) is 3.09. The molecule has 24 heavy (non-hydrogen) atoms. The molecule has 1 heterocycles. The summed E-state index contributed by atoms with van der Waals surface area (Å²) < 4.78 is 18.3. The molecule has 0 saturated heterocycles. The van der Waals surface area contributed by atoms with Gasteiger partial charge >= 0.3 is 0 Å². The average molecular weight is 332 g/mol. The fourth-order valence-electron chi connectivity index (χ4n) is 2.86. The molecule has 2 N–H and O–H groups in total. The van der Waals surface area contributed by atoms with Crippen molar-refractivity contribution in [3.63, 3.8) is 0 Å². The second-order valence-electron chi connectivity index (χ2n) is 5.99. The van der Waals surface area contributed by atoms with Crippen molar-refractivity contribution in [3.05, 3.63) is 64.3 Å². The number of aromatic nitrogens is 1. The normalized spacial score (nSPS) is 15.5. The second-order valence-corrected chi connectivity index (χ2v) is 5.99. The lowest BCUT2D eigenvalue weighted by atomic mass is 10.1. The summed E-state index contributed by atoms with van der Waals surface area (Å²) in [5.74, 6) is 0.0203. The Bertz CT molecular complexity index is 664. The largest absolute Gasteiger partial charge is 0.494 e. The highest BCUT2D eigenvalue weighted by atomic mass is 19.1. The topological polar surface area (TPSA) is 54.1 Å². The van der Waals surface area contributed by atoms with Crippen LogP contribution in [0.25, 0.3) is 0 Å². The van der Waals surface area contributed by atoms with Crippen LogP contribution < -0.4 is 15.6 Å². The monoisotopic (exact) mass is 332 g/mol. The zero-order chi connectivity index (χ0) is 17.4. The van der Waals surface area contributed by atoms with Gasteiger partial charge in [-0.25, -0.2) is 4.39 Å². The first-order chi connectivity index (χ1) is 11.6. The number of pyridine rings is 1. The summed E-state index contributed by atoms with van der Waals surface area (Å²) in [6.45, 7) is 2.12. The Morgan fingerprint density at radius 1 is 1.25 bits per heavy atom. The number of aromatic amines is 1. The van der Waals surface area contributed by atoms with Crippen molar-refractivity contribution in [1.82, 2.24) is 10.3 Å². The maximum absolute atomic E-state index is 13.3. The molecule has 0 amide bonds. The smallest absolute Gasteiger partial charge is 0.247 e. The number of nitrogens with one attached hydrogen (secondary N) is 2. The number of H-pyrrole nitrogens is 1. The van der Waals surface area contributed by atoms with E-state index in [1.807, 2.05) is 6.07 Å². The van der Waals surface area contributed by atoms with E-state index in [2.05, 4.69) is 17.2 Å². The molecule has 4 nitrogen and oxygen atoms in total. The molecule has 0 radical (unpaired) electrons. The van der Waals surface area contributed by atoms with Crippen LogP contribution in [0, 0.1) is 5.82 Å². The fourth-order valence-corrected chi connectivity index (χ4v) is 2.86. The summed E-state index contributed by atoms with van der Waals surface area (Å²) in [5, 5.41) is 3.59. The summed E-state index contributed by atoms with van der Waals surface area (Å²) >= 11 is 0. The van der Waals surface area contributed by atoms with Crippen molar-refractivity contribution in [2.24, 2.45) is 0 Å².